The van der Waals surface area contributed by atoms with Crippen molar-refractivity contribution in [3.8, 4) is 0 Å². The molecule has 0 radical (unpaired) electrons. The molecule has 0 saturated carbocycles. The standard InChI is InChI=1S/C11H13FO/c1-7(2)11(13)10-8(3)5-4-6-9(10)12/h4-7H,1-3H3. The molecule has 0 aliphatic carbocycles. The van der Waals surface area contributed by atoms with E-state index in [0.29, 0.717) is 5.56 Å². The number of rotatable bonds is 2. The van der Waals surface area contributed by atoms with Crippen molar-refractivity contribution in [2.24, 2.45) is 5.92 Å². The van der Waals surface area contributed by atoms with Crippen LogP contribution in [-0.2, 0) is 0 Å². The number of halogens is 1. The SMILES string of the molecule is Cc1cccc(F)c1C(=O)C(C)C. The Labute approximate surface area is 77.6 Å². The molecule has 2 heteroatoms. The predicted molar refractivity (Wildman–Crippen MR) is 50.3 cm³/mol. The summed E-state index contributed by atoms with van der Waals surface area (Å²) in [6.07, 6.45) is 0. The van der Waals surface area contributed by atoms with Crippen molar-refractivity contribution in [2.45, 2.75) is 20.8 Å². The number of carbonyl (C=O) groups is 1. The molecule has 0 fully saturated rings. The van der Waals surface area contributed by atoms with Gasteiger partial charge in [-0.2, -0.15) is 0 Å². The second-order valence-corrected chi connectivity index (χ2v) is 3.45. The highest BCUT2D eigenvalue weighted by molar-refractivity contribution is 5.98. The van der Waals surface area contributed by atoms with E-state index in [1.165, 1.54) is 6.07 Å². The summed E-state index contributed by atoms with van der Waals surface area (Å²) < 4.78 is 13.2. The molecule has 0 aliphatic rings. The lowest BCUT2D eigenvalue weighted by atomic mass is 9.97. The van der Waals surface area contributed by atoms with Gasteiger partial charge in [0.05, 0.1) is 5.56 Å². The molecular formula is C11H13FO. The molecule has 0 spiro atoms. The van der Waals surface area contributed by atoms with Crippen molar-refractivity contribution in [1.82, 2.24) is 0 Å². The van der Waals surface area contributed by atoms with Gasteiger partial charge < -0.3 is 0 Å². The van der Waals surface area contributed by atoms with Gasteiger partial charge in [0.15, 0.2) is 5.78 Å². The third-order valence-electron chi connectivity index (χ3n) is 1.99. The smallest absolute Gasteiger partial charge is 0.168 e. The molecular weight excluding hydrogens is 167 g/mol. The number of ketones is 1. The summed E-state index contributed by atoms with van der Waals surface area (Å²) in [5.41, 5.74) is 0.941. The van der Waals surface area contributed by atoms with Crippen LogP contribution >= 0.6 is 0 Å². The largest absolute Gasteiger partial charge is 0.294 e. The second-order valence-electron chi connectivity index (χ2n) is 3.45. The molecule has 0 saturated heterocycles. The number of aryl methyl sites for hydroxylation is 1. The molecule has 0 aromatic heterocycles. The topological polar surface area (TPSA) is 17.1 Å². The molecule has 0 aliphatic heterocycles. The average molecular weight is 180 g/mol. The lowest BCUT2D eigenvalue weighted by Crippen LogP contribution is -2.11. The summed E-state index contributed by atoms with van der Waals surface area (Å²) in [6.45, 7) is 5.29. The summed E-state index contributed by atoms with van der Waals surface area (Å²) >= 11 is 0. The first-order chi connectivity index (χ1) is 6.04. The Kier molecular flexibility index (Phi) is 2.81. The van der Waals surface area contributed by atoms with E-state index in [-0.39, 0.29) is 17.3 Å². The molecule has 0 amide bonds. The minimum Gasteiger partial charge on any atom is -0.294 e. The molecule has 0 unspecified atom stereocenters. The fraction of sp³-hybridized carbons (Fsp3) is 0.364. The number of carbonyl (C=O) groups excluding carboxylic acids is 1. The molecule has 70 valence electrons. The van der Waals surface area contributed by atoms with Gasteiger partial charge in [-0.15, -0.1) is 0 Å². The number of hydrogen-bond donors (Lipinski definition) is 0. The van der Waals surface area contributed by atoms with Crippen molar-refractivity contribution in [3.05, 3.63) is 35.1 Å². The summed E-state index contributed by atoms with van der Waals surface area (Å²) in [5, 5.41) is 0. The van der Waals surface area contributed by atoms with Crippen LogP contribution < -0.4 is 0 Å². The summed E-state index contributed by atoms with van der Waals surface area (Å²) in [6, 6.07) is 4.68. The Morgan fingerprint density at radius 1 is 1.38 bits per heavy atom. The second kappa shape index (κ2) is 3.69. The van der Waals surface area contributed by atoms with Gasteiger partial charge in [0.1, 0.15) is 5.82 Å². The first-order valence-electron chi connectivity index (χ1n) is 4.33. The highest BCUT2D eigenvalue weighted by Crippen LogP contribution is 2.16. The van der Waals surface area contributed by atoms with Gasteiger partial charge >= 0.3 is 0 Å². The number of benzene rings is 1. The van der Waals surface area contributed by atoms with Crippen molar-refractivity contribution in [2.75, 3.05) is 0 Å². The molecule has 13 heavy (non-hydrogen) atoms. The van der Waals surface area contributed by atoms with Gasteiger partial charge in [0.2, 0.25) is 0 Å². The predicted octanol–water partition coefficient (Wildman–Crippen LogP) is 2.97. The molecule has 1 rings (SSSR count). The lowest BCUT2D eigenvalue weighted by Gasteiger charge is -2.08. The molecule has 0 atom stereocenters. The Hall–Kier alpha value is -1.18. The minimum atomic E-state index is -0.418. The van der Waals surface area contributed by atoms with Crippen LogP contribution in [0.2, 0.25) is 0 Å². The maximum absolute atomic E-state index is 13.2. The molecule has 1 aromatic rings. The minimum absolute atomic E-state index is 0.129. The average Bonchev–Trinajstić information content (AvgIpc) is 2.03. The highest BCUT2D eigenvalue weighted by atomic mass is 19.1. The first kappa shape index (κ1) is 9.90. The van der Waals surface area contributed by atoms with Gasteiger partial charge in [-0.05, 0) is 18.6 Å². The van der Waals surface area contributed by atoms with Gasteiger partial charge in [0.25, 0.3) is 0 Å². The van der Waals surface area contributed by atoms with Crippen LogP contribution in [0.1, 0.15) is 29.8 Å². The maximum atomic E-state index is 13.2. The van der Waals surface area contributed by atoms with E-state index in [1.54, 1.807) is 32.9 Å². The number of hydrogen-bond acceptors (Lipinski definition) is 1. The van der Waals surface area contributed by atoms with E-state index < -0.39 is 5.82 Å². The Bertz CT molecular complexity index is 309. The quantitative estimate of drug-likeness (QED) is 0.639. The van der Waals surface area contributed by atoms with Gasteiger partial charge in [0, 0.05) is 5.92 Å². The van der Waals surface area contributed by atoms with Crippen molar-refractivity contribution in [1.29, 1.82) is 0 Å². The van der Waals surface area contributed by atoms with E-state index in [0.717, 1.165) is 0 Å². The van der Waals surface area contributed by atoms with Crippen molar-refractivity contribution < 1.29 is 9.18 Å². The number of Topliss-reactive ketones (excluding diaryl/α,β-unsaturated/α-hetero) is 1. The van der Waals surface area contributed by atoms with E-state index in [1.807, 2.05) is 0 Å². The third-order valence-corrected chi connectivity index (χ3v) is 1.99. The van der Waals surface area contributed by atoms with Crippen LogP contribution in [0.4, 0.5) is 4.39 Å². The molecule has 1 aromatic carbocycles. The summed E-state index contributed by atoms with van der Waals surface area (Å²) in [7, 11) is 0. The van der Waals surface area contributed by atoms with E-state index >= 15 is 0 Å². The zero-order valence-corrected chi connectivity index (χ0v) is 8.10. The van der Waals surface area contributed by atoms with Crippen LogP contribution in [0.5, 0.6) is 0 Å². The van der Waals surface area contributed by atoms with Crippen LogP contribution in [-0.4, -0.2) is 5.78 Å². The Morgan fingerprint density at radius 2 is 2.00 bits per heavy atom. The van der Waals surface area contributed by atoms with Crippen molar-refractivity contribution in [3.63, 3.8) is 0 Å². The zero-order valence-electron chi connectivity index (χ0n) is 8.10. The molecule has 0 N–H and O–H groups in total. The highest BCUT2D eigenvalue weighted by Gasteiger charge is 2.16. The fourth-order valence-corrected chi connectivity index (χ4v) is 1.23. The molecule has 1 nitrogen and oxygen atoms in total. The van der Waals surface area contributed by atoms with Crippen LogP contribution in [0.15, 0.2) is 18.2 Å². The van der Waals surface area contributed by atoms with Crippen molar-refractivity contribution >= 4 is 5.78 Å². The van der Waals surface area contributed by atoms with Crippen LogP contribution in [0.3, 0.4) is 0 Å². The van der Waals surface area contributed by atoms with Crippen LogP contribution in [0.25, 0.3) is 0 Å². The monoisotopic (exact) mass is 180 g/mol. The fourth-order valence-electron chi connectivity index (χ4n) is 1.23. The molecule has 0 heterocycles. The first-order valence-corrected chi connectivity index (χ1v) is 4.33. The summed E-state index contributed by atoms with van der Waals surface area (Å²) in [5.74, 6) is -0.704. The zero-order chi connectivity index (χ0) is 10.0. The Balaban J connectivity index is 3.20. The van der Waals surface area contributed by atoms with Gasteiger partial charge in [-0.3, -0.25) is 4.79 Å². The van der Waals surface area contributed by atoms with E-state index in [9.17, 15) is 9.18 Å². The van der Waals surface area contributed by atoms with Gasteiger partial charge in [-0.1, -0.05) is 26.0 Å². The summed E-state index contributed by atoms with van der Waals surface area (Å²) in [4.78, 5) is 11.5. The van der Waals surface area contributed by atoms with Crippen LogP contribution in [0, 0.1) is 18.7 Å². The molecule has 0 bridgehead atoms. The Morgan fingerprint density at radius 3 is 2.46 bits per heavy atom. The lowest BCUT2D eigenvalue weighted by molar-refractivity contribution is 0.0934. The van der Waals surface area contributed by atoms with E-state index in [4.69, 9.17) is 0 Å². The van der Waals surface area contributed by atoms with E-state index in [2.05, 4.69) is 0 Å². The third kappa shape index (κ3) is 1.94. The van der Waals surface area contributed by atoms with Gasteiger partial charge in [-0.25, -0.2) is 4.39 Å². The normalized spacial score (nSPS) is 10.5. The maximum Gasteiger partial charge on any atom is 0.168 e.